The SMILES string of the molecule is O=C(C=Cc1ccc(O)cc1)O[C@@H]1O[C@H](COS(=O)(=O)O)[C@@H](O)[C@H](O)[C@H]1O. The molecule has 1 aromatic carbocycles. The van der Waals surface area contributed by atoms with Gasteiger partial charge in [0.15, 0.2) is 0 Å². The predicted octanol–water partition coefficient (Wildman–Crippen LogP) is -1.42. The molecule has 1 heterocycles. The molecule has 12 heteroatoms. The van der Waals surface area contributed by atoms with Gasteiger partial charge in [0, 0.05) is 6.08 Å². The van der Waals surface area contributed by atoms with Gasteiger partial charge in [-0.1, -0.05) is 12.1 Å². The number of benzene rings is 1. The van der Waals surface area contributed by atoms with Crippen LogP contribution < -0.4 is 0 Å². The predicted molar refractivity (Wildman–Crippen MR) is 87.4 cm³/mol. The number of esters is 1. The molecule has 1 aliphatic heterocycles. The van der Waals surface area contributed by atoms with E-state index in [4.69, 9.17) is 14.0 Å². The largest absolute Gasteiger partial charge is 0.508 e. The summed E-state index contributed by atoms with van der Waals surface area (Å²) in [4.78, 5) is 11.8. The van der Waals surface area contributed by atoms with Crippen LogP contribution in [0.15, 0.2) is 30.3 Å². The first kappa shape index (κ1) is 21.2. The van der Waals surface area contributed by atoms with Gasteiger partial charge in [0.25, 0.3) is 0 Å². The van der Waals surface area contributed by atoms with Gasteiger partial charge in [-0.25, -0.2) is 8.98 Å². The second kappa shape index (κ2) is 8.75. The number of rotatable bonds is 6. The Labute approximate surface area is 154 Å². The topological polar surface area (TPSA) is 180 Å². The molecular weight excluding hydrogens is 388 g/mol. The minimum Gasteiger partial charge on any atom is -0.508 e. The lowest BCUT2D eigenvalue weighted by Gasteiger charge is -2.39. The zero-order valence-corrected chi connectivity index (χ0v) is 14.5. The highest BCUT2D eigenvalue weighted by atomic mass is 32.3. The van der Waals surface area contributed by atoms with Gasteiger partial charge in [-0.15, -0.1) is 0 Å². The fourth-order valence-corrected chi connectivity index (χ4v) is 2.51. The van der Waals surface area contributed by atoms with Gasteiger partial charge in [0.1, 0.15) is 30.2 Å². The molecule has 0 spiro atoms. The van der Waals surface area contributed by atoms with E-state index in [1.807, 2.05) is 0 Å². The van der Waals surface area contributed by atoms with Crippen molar-refractivity contribution >= 4 is 22.4 Å². The summed E-state index contributed by atoms with van der Waals surface area (Å²) in [5.41, 5.74) is 0.560. The minimum absolute atomic E-state index is 0.0409. The lowest BCUT2D eigenvalue weighted by atomic mass is 9.99. The van der Waals surface area contributed by atoms with Gasteiger partial charge in [-0.05, 0) is 23.8 Å². The van der Waals surface area contributed by atoms with Crippen molar-refractivity contribution in [2.45, 2.75) is 30.7 Å². The molecule has 1 aliphatic rings. The van der Waals surface area contributed by atoms with Crippen LogP contribution in [0.2, 0.25) is 0 Å². The average molecular weight is 406 g/mol. The average Bonchev–Trinajstić information content (AvgIpc) is 2.60. The molecule has 27 heavy (non-hydrogen) atoms. The lowest BCUT2D eigenvalue weighted by molar-refractivity contribution is -0.290. The van der Waals surface area contributed by atoms with Crippen LogP contribution in [-0.4, -0.2) is 76.7 Å². The summed E-state index contributed by atoms with van der Waals surface area (Å²) in [7, 11) is -4.83. The number of phenols is 1. The Hall–Kier alpha value is -2.06. The van der Waals surface area contributed by atoms with Crippen molar-refractivity contribution in [1.82, 2.24) is 0 Å². The van der Waals surface area contributed by atoms with E-state index >= 15 is 0 Å². The molecule has 1 saturated heterocycles. The molecule has 0 bridgehead atoms. The number of hydrogen-bond donors (Lipinski definition) is 5. The number of hydrogen-bond acceptors (Lipinski definition) is 10. The first-order valence-corrected chi connectivity index (χ1v) is 8.92. The number of phenolic OH excluding ortho intramolecular Hbond substituents is 1. The van der Waals surface area contributed by atoms with Gasteiger partial charge in [-0.3, -0.25) is 4.55 Å². The third kappa shape index (κ3) is 6.25. The van der Waals surface area contributed by atoms with Crippen molar-refractivity contribution < 1.29 is 51.8 Å². The molecule has 0 amide bonds. The van der Waals surface area contributed by atoms with Crippen LogP contribution in [0.5, 0.6) is 5.75 Å². The highest BCUT2D eigenvalue weighted by Gasteiger charge is 2.45. The highest BCUT2D eigenvalue weighted by Crippen LogP contribution is 2.23. The van der Waals surface area contributed by atoms with Gasteiger partial charge in [0.2, 0.25) is 6.29 Å². The van der Waals surface area contributed by atoms with E-state index in [2.05, 4.69) is 4.18 Å². The number of ether oxygens (including phenoxy) is 2. The number of carbonyl (C=O) groups excluding carboxylic acids is 1. The van der Waals surface area contributed by atoms with Crippen molar-refractivity contribution in [2.24, 2.45) is 0 Å². The number of aliphatic hydroxyl groups is 3. The van der Waals surface area contributed by atoms with Crippen molar-refractivity contribution in [3.8, 4) is 5.75 Å². The molecule has 0 saturated carbocycles. The maximum atomic E-state index is 11.8. The summed E-state index contributed by atoms with van der Waals surface area (Å²) in [5, 5.41) is 38.6. The van der Waals surface area contributed by atoms with Crippen LogP contribution in [0.4, 0.5) is 0 Å². The Morgan fingerprint density at radius 2 is 1.74 bits per heavy atom. The van der Waals surface area contributed by atoms with Crippen LogP contribution in [-0.2, 0) is 28.9 Å². The van der Waals surface area contributed by atoms with Gasteiger partial charge in [0.05, 0.1) is 6.61 Å². The van der Waals surface area contributed by atoms with Gasteiger partial charge in [-0.2, -0.15) is 8.42 Å². The number of aliphatic hydroxyl groups excluding tert-OH is 3. The zero-order valence-electron chi connectivity index (χ0n) is 13.7. The molecule has 0 unspecified atom stereocenters. The van der Waals surface area contributed by atoms with Crippen LogP contribution >= 0.6 is 0 Å². The second-order valence-electron chi connectivity index (χ2n) is 5.59. The molecule has 0 radical (unpaired) electrons. The minimum atomic E-state index is -4.83. The quantitative estimate of drug-likeness (QED) is 0.212. The summed E-state index contributed by atoms with van der Waals surface area (Å²) < 4.78 is 43.7. The van der Waals surface area contributed by atoms with E-state index in [9.17, 15) is 33.6 Å². The van der Waals surface area contributed by atoms with Gasteiger partial charge >= 0.3 is 16.4 Å². The van der Waals surface area contributed by atoms with Crippen LogP contribution in [0.25, 0.3) is 6.08 Å². The van der Waals surface area contributed by atoms with Crippen LogP contribution in [0.1, 0.15) is 5.56 Å². The lowest BCUT2D eigenvalue weighted by Crippen LogP contribution is -2.59. The Bertz CT molecular complexity index is 773. The van der Waals surface area contributed by atoms with E-state index in [-0.39, 0.29) is 5.75 Å². The highest BCUT2D eigenvalue weighted by molar-refractivity contribution is 7.80. The summed E-state index contributed by atoms with van der Waals surface area (Å²) >= 11 is 0. The van der Waals surface area contributed by atoms with Crippen molar-refractivity contribution in [2.75, 3.05) is 6.61 Å². The number of aromatic hydroxyl groups is 1. The standard InChI is InChI=1S/C15H18O11S/c16-9-4-1-8(2-5-9)3-6-11(17)26-15-14(20)13(19)12(18)10(25-15)7-24-27(21,22)23/h1-6,10,12-16,18-20H,7H2,(H,21,22,23)/t10-,12-,13+,14-,15+/m1/s1. The molecule has 2 rings (SSSR count). The molecule has 0 aliphatic carbocycles. The third-order valence-electron chi connectivity index (χ3n) is 3.59. The fraction of sp³-hybridized carbons (Fsp3) is 0.400. The Morgan fingerprint density at radius 1 is 1.11 bits per heavy atom. The molecule has 0 aromatic heterocycles. The summed E-state index contributed by atoms with van der Waals surface area (Å²) in [5.74, 6) is -0.927. The van der Waals surface area contributed by atoms with Crippen molar-refractivity contribution in [3.05, 3.63) is 35.9 Å². The molecule has 1 aromatic rings. The first-order valence-electron chi connectivity index (χ1n) is 7.56. The Morgan fingerprint density at radius 3 is 2.33 bits per heavy atom. The molecular formula is C15H18O11S. The third-order valence-corrected chi connectivity index (χ3v) is 4.02. The Kier molecular flexibility index (Phi) is 6.89. The summed E-state index contributed by atoms with van der Waals surface area (Å²) in [6.07, 6.45) is -6.30. The van der Waals surface area contributed by atoms with E-state index < -0.39 is 53.7 Å². The molecule has 11 nitrogen and oxygen atoms in total. The van der Waals surface area contributed by atoms with Crippen molar-refractivity contribution in [1.29, 1.82) is 0 Å². The monoisotopic (exact) mass is 406 g/mol. The van der Waals surface area contributed by atoms with E-state index in [0.29, 0.717) is 5.56 Å². The van der Waals surface area contributed by atoms with Crippen molar-refractivity contribution in [3.63, 3.8) is 0 Å². The summed E-state index contributed by atoms with van der Waals surface area (Å²) in [6, 6.07) is 5.84. The van der Waals surface area contributed by atoms with Gasteiger partial charge < -0.3 is 29.9 Å². The zero-order chi connectivity index (χ0) is 20.2. The van der Waals surface area contributed by atoms with E-state index in [1.54, 1.807) is 0 Å². The number of carbonyl (C=O) groups is 1. The molecule has 150 valence electrons. The molecule has 5 N–H and O–H groups in total. The maximum absolute atomic E-state index is 11.8. The molecule has 1 fully saturated rings. The second-order valence-corrected chi connectivity index (χ2v) is 6.68. The van der Waals surface area contributed by atoms with E-state index in [1.165, 1.54) is 30.3 Å². The van der Waals surface area contributed by atoms with E-state index in [0.717, 1.165) is 6.08 Å². The maximum Gasteiger partial charge on any atom is 0.397 e. The molecule has 5 atom stereocenters. The van der Waals surface area contributed by atoms with Crippen LogP contribution in [0.3, 0.4) is 0 Å². The summed E-state index contributed by atoms with van der Waals surface area (Å²) in [6.45, 7) is -0.888. The fourth-order valence-electron chi connectivity index (χ4n) is 2.21. The smallest absolute Gasteiger partial charge is 0.397 e. The van der Waals surface area contributed by atoms with Crippen LogP contribution in [0, 0.1) is 0 Å². The Balaban J connectivity index is 2.00. The normalized spacial score (nSPS) is 29.0. The first-order chi connectivity index (χ1) is 12.6.